The zero-order valence-corrected chi connectivity index (χ0v) is 24.4. The van der Waals surface area contributed by atoms with Crippen molar-refractivity contribution >= 4 is 29.5 Å². The van der Waals surface area contributed by atoms with E-state index in [4.69, 9.17) is 4.74 Å². The summed E-state index contributed by atoms with van der Waals surface area (Å²) in [5, 5.41) is 31.8. The molecule has 3 heterocycles. The van der Waals surface area contributed by atoms with E-state index in [2.05, 4.69) is 31.0 Å². The summed E-state index contributed by atoms with van der Waals surface area (Å²) >= 11 is 0. The molecule has 0 saturated carbocycles. The van der Waals surface area contributed by atoms with Gasteiger partial charge in [0, 0.05) is 31.4 Å². The van der Waals surface area contributed by atoms with E-state index >= 15 is 0 Å². The van der Waals surface area contributed by atoms with Gasteiger partial charge in [-0.2, -0.15) is 0 Å². The van der Waals surface area contributed by atoms with Crippen molar-refractivity contribution in [2.45, 2.75) is 70.9 Å². The van der Waals surface area contributed by atoms with Gasteiger partial charge in [-0.3, -0.25) is 19.7 Å². The average molecular weight is 601 g/mol. The van der Waals surface area contributed by atoms with Gasteiger partial charge >= 0.3 is 11.8 Å². The highest BCUT2D eigenvalue weighted by Gasteiger charge is 2.49. The van der Waals surface area contributed by atoms with Crippen LogP contribution in [0.5, 0.6) is 5.75 Å². The van der Waals surface area contributed by atoms with E-state index in [0.717, 1.165) is 47.8 Å². The van der Waals surface area contributed by atoms with E-state index in [1.165, 1.54) is 0 Å². The van der Waals surface area contributed by atoms with Crippen LogP contribution < -0.4 is 15.4 Å². The number of unbranched alkanes of at least 4 members (excludes halogenated alkanes) is 4. The minimum absolute atomic E-state index is 0.00156. The molecule has 1 aromatic heterocycles. The lowest BCUT2D eigenvalue weighted by Crippen LogP contribution is -2.51. The smallest absolute Gasteiger partial charge is 0.427 e. The summed E-state index contributed by atoms with van der Waals surface area (Å²) in [5.41, 5.74) is 2.30. The van der Waals surface area contributed by atoms with Gasteiger partial charge in [0.2, 0.25) is 23.7 Å². The Labute approximate surface area is 253 Å². The number of fused-ring (bicyclic) bond motifs is 1. The van der Waals surface area contributed by atoms with Gasteiger partial charge in [-0.1, -0.05) is 49.6 Å². The largest absolute Gasteiger partial charge is 0.493 e. The Morgan fingerprint density at radius 1 is 1.00 bits per heavy atom. The lowest BCUT2D eigenvalue weighted by Gasteiger charge is -2.16. The molecule has 1 fully saturated rings. The number of imide groups is 1. The maximum absolute atomic E-state index is 13.2. The number of hydrogen-bond donors (Lipinski definition) is 3. The molecule has 0 bridgehead atoms. The highest BCUT2D eigenvalue weighted by Crippen LogP contribution is 2.30. The van der Waals surface area contributed by atoms with E-state index in [-0.39, 0.29) is 30.2 Å². The molecular weight excluding hydrogens is 566 g/mol. The topological polar surface area (TPSA) is 176 Å². The highest BCUT2D eigenvalue weighted by molar-refractivity contribution is 6.12. The number of nitrogens with one attached hydrogen (secondary N) is 2. The van der Waals surface area contributed by atoms with Crippen molar-refractivity contribution in [3.63, 3.8) is 0 Å². The Morgan fingerprint density at radius 3 is 2.48 bits per heavy atom. The average Bonchev–Trinajstić information content (AvgIpc) is 3.28. The summed E-state index contributed by atoms with van der Waals surface area (Å²) < 4.78 is 6.94. The first kappa shape index (κ1) is 30.4. The van der Waals surface area contributed by atoms with Gasteiger partial charge in [-0.15, -0.1) is 25.0 Å². The SMILES string of the molecule is Cc1nnc(-c2ccc(CNC(=O)CCCCCCCOc3cccc4c3C(=O)[N+](C3CCC(=O)NC3=O)=C4O)cc2)nn1. The monoisotopic (exact) mass is 600 g/mol. The molecule has 0 aliphatic carbocycles. The Morgan fingerprint density at radius 2 is 1.73 bits per heavy atom. The maximum Gasteiger partial charge on any atom is 0.427 e. The van der Waals surface area contributed by atoms with Crippen LogP contribution in [-0.4, -0.2) is 72.3 Å². The van der Waals surface area contributed by atoms with Crippen molar-refractivity contribution in [3.8, 4) is 17.1 Å². The van der Waals surface area contributed by atoms with Crippen molar-refractivity contribution in [2.75, 3.05) is 6.61 Å². The van der Waals surface area contributed by atoms with Crippen molar-refractivity contribution < 1.29 is 33.6 Å². The van der Waals surface area contributed by atoms with Gasteiger partial charge in [0.1, 0.15) is 16.9 Å². The van der Waals surface area contributed by atoms with E-state index in [1.807, 2.05) is 24.3 Å². The van der Waals surface area contributed by atoms with Crippen LogP contribution in [0.3, 0.4) is 0 Å². The number of aliphatic hydroxyl groups excluding tert-OH is 1. The quantitative estimate of drug-likeness (QED) is 0.150. The molecule has 0 radical (unpaired) electrons. The van der Waals surface area contributed by atoms with E-state index in [9.17, 15) is 24.3 Å². The molecule has 4 amide bonds. The summed E-state index contributed by atoms with van der Waals surface area (Å²) in [5.74, 6) is -0.527. The molecule has 1 atom stereocenters. The lowest BCUT2D eigenvalue weighted by atomic mass is 10.1. The van der Waals surface area contributed by atoms with Crippen molar-refractivity contribution in [1.29, 1.82) is 0 Å². The van der Waals surface area contributed by atoms with Crippen LogP contribution >= 0.6 is 0 Å². The number of amides is 4. The molecule has 44 heavy (non-hydrogen) atoms. The first-order valence-electron chi connectivity index (χ1n) is 14.7. The molecule has 2 aliphatic heterocycles. The van der Waals surface area contributed by atoms with Crippen LogP contribution in [0.15, 0.2) is 42.5 Å². The van der Waals surface area contributed by atoms with Crippen LogP contribution in [0.4, 0.5) is 0 Å². The summed E-state index contributed by atoms with van der Waals surface area (Å²) in [7, 11) is 0. The van der Waals surface area contributed by atoms with E-state index < -0.39 is 23.8 Å². The Bertz CT molecular complexity index is 1590. The second-order valence-corrected chi connectivity index (χ2v) is 10.8. The number of rotatable bonds is 13. The number of carbonyl (C=O) groups excluding carboxylic acids is 4. The van der Waals surface area contributed by atoms with Gasteiger partial charge in [-0.05, 0) is 37.5 Å². The third-order valence-electron chi connectivity index (χ3n) is 7.54. The fraction of sp³-hybridized carbons (Fsp3) is 0.387. The first-order chi connectivity index (χ1) is 21.3. The fourth-order valence-corrected chi connectivity index (χ4v) is 5.18. The van der Waals surface area contributed by atoms with Crippen LogP contribution in [0, 0.1) is 6.92 Å². The van der Waals surface area contributed by atoms with Gasteiger partial charge in [0.25, 0.3) is 5.91 Å². The van der Waals surface area contributed by atoms with Crippen LogP contribution in [0.25, 0.3) is 11.4 Å². The van der Waals surface area contributed by atoms with Gasteiger partial charge in [0.15, 0.2) is 5.82 Å². The number of ether oxygens (including phenoxy) is 1. The summed E-state index contributed by atoms with van der Waals surface area (Å²) in [4.78, 5) is 49.3. The van der Waals surface area contributed by atoms with Gasteiger partial charge < -0.3 is 15.2 Å². The zero-order valence-electron chi connectivity index (χ0n) is 24.4. The predicted octanol–water partition coefficient (Wildman–Crippen LogP) is 2.55. The minimum Gasteiger partial charge on any atom is -0.493 e. The summed E-state index contributed by atoms with van der Waals surface area (Å²) in [6.45, 7) is 2.54. The minimum atomic E-state index is -0.954. The molecule has 1 unspecified atom stereocenters. The molecular formula is C31H34N7O6+. The van der Waals surface area contributed by atoms with E-state index in [1.54, 1.807) is 25.1 Å². The summed E-state index contributed by atoms with van der Waals surface area (Å²) in [6.07, 6.45) is 4.96. The highest BCUT2D eigenvalue weighted by atomic mass is 16.5. The molecule has 2 aliphatic rings. The standard InChI is InChI=1S/C31H33N7O6/c1-19-34-36-28(37-35-19)21-13-11-20(12-14-21)18-32-25(39)10-5-3-2-4-6-17-44-24-9-7-8-22-27(24)31(43)38(30(22)42)23-15-16-26(40)33-29(23)41/h7-9,11-14,23H,2-6,10,15-18H2,1H3,(H2,32,33,39,40,41)/p+1. The molecule has 3 N–H and O–H groups in total. The van der Waals surface area contributed by atoms with Crippen molar-refractivity contribution in [1.82, 2.24) is 31.0 Å². The number of piperidine rings is 1. The molecule has 13 nitrogen and oxygen atoms in total. The number of aliphatic hydroxyl groups is 1. The third-order valence-corrected chi connectivity index (χ3v) is 7.54. The molecule has 2 aromatic carbocycles. The second kappa shape index (κ2) is 13.9. The van der Waals surface area contributed by atoms with Crippen LogP contribution in [0.2, 0.25) is 0 Å². The number of aryl methyl sites for hydroxylation is 1. The van der Waals surface area contributed by atoms with Gasteiger partial charge in [0.05, 0.1) is 6.61 Å². The fourth-order valence-electron chi connectivity index (χ4n) is 5.18. The number of carbonyl (C=O) groups is 4. The van der Waals surface area contributed by atoms with E-state index in [0.29, 0.717) is 42.5 Å². The zero-order chi connectivity index (χ0) is 31.1. The first-order valence-corrected chi connectivity index (χ1v) is 14.7. The predicted molar refractivity (Wildman–Crippen MR) is 157 cm³/mol. The molecule has 5 rings (SSSR count). The Hall–Kier alpha value is -5.07. The molecule has 1 saturated heterocycles. The third kappa shape index (κ3) is 7.10. The summed E-state index contributed by atoms with van der Waals surface area (Å²) in [6, 6.07) is 11.6. The molecule has 0 spiro atoms. The molecule has 13 heteroatoms. The molecule has 228 valence electrons. The van der Waals surface area contributed by atoms with Crippen molar-refractivity contribution in [3.05, 3.63) is 65.0 Å². The molecule has 3 aromatic rings. The Kier molecular flexibility index (Phi) is 9.62. The van der Waals surface area contributed by atoms with Crippen molar-refractivity contribution in [2.24, 2.45) is 0 Å². The lowest BCUT2D eigenvalue weighted by molar-refractivity contribution is -0.464. The van der Waals surface area contributed by atoms with Crippen LogP contribution in [0.1, 0.15) is 78.7 Å². The number of benzene rings is 2. The second-order valence-electron chi connectivity index (χ2n) is 10.8. The number of aromatic nitrogens is 4. The maximum atomic E-state index is 13.2. The number of nitrogens with zero attached hydrogens (tertiary/aromatic N) is 5. The van der Waals surface area contributed by atoms with Gasteiger partial charge in [-0.25, -0.2) is 4.79 Å². The Balaban J connectivity index is 0.977. The normalized spacial score (nSPS) is 16.1. The van der Waals surface area contributed by atoms with Crippen LogP contribution in [-0.2, 0) is 20.9 Å². The number of hydrogen-bond acceptors (Lipinski definition) is 9.